The molecule has 4 aromatic heterocycles. The molecule has 0 aliphatic rings. The number of rotatable bonds is 8. The van der Waals surface area contributed by atoms with E-state index in [0.29, 0.717) is 11.8 Å². The van der Waals surface area contributed by atoms with Gasteiger partial charge in [0.1, 0.15) is 0 Å². The minimum absolute atomic E-state index is 0.0201. The molecule has 0 unspecified atom stereocenters. The highest BCUT2D eigenvalue weighted by Gasteiger charge is 2.31. The number of hydrogen-bond donors (Lipinski definition) is 0. The van der Waals surface area contributed by atoms with E-state index in [9.17, 15) is 0 Å². The number of nitrogens with zero attached hydrogens (tertiary/aromatic N) is 4. The summed E-state index contributed by atoms with van der Waals surface area (Å²) < 4.78 is 5.21. The van der Waals surface area contributed by atoms with Gasteiger partial charge < -0.3 is 18.6 Å². The SMILES string of the molecule is CC(C)c1ccc(N(c2cccc(C(C)(C)C)c2)c2ccc3c4cc5c(cc4n4c6ccc(C(C)(C)C)cc6c2c34)c2ccc(N(c3ccc(C(C)C)cc3)c3cccc(C(C)(C)C)c3)c3c4cc(C(C)(C)C)ccc4n5c23)cc1. The summed E-state index contributed by atoms with van der Waals surface area (Å²) in [5.74, 6) is 0.870. The first-order chi connectivity index (χ1) is 37.9. The maximum absolute atomic E-state index is 2.61. The highest BCUT2D eigenvalue weighted by Crippen LogP contribution is 2.52. The van der Waals surface area contributed by atoms with Crippen LogP contribution in [0.25, 0.3) is 76.2 Å². The third-order valence-corrected chi connectivity index (χ3v) is 17.7. The summed E-state index contributed by atoms with van der Waals surface area (Å²) in [6.45, 7) is 37.0. The van der Waals surface area contributed by atoms with Crippen molar-refractivity contribution in [2.24, 2.45) is 0 Å². The molecule has 4 heteroatoms. The number of benzene rings is 9. The fraction of sp³-hybridized carbons (Fsp3) is 0.289. The van der Waals surface area contributed by atoms with Crippen LogP contribution in [0.3, 0.4) is 0 Å². The Bertz CT molecular complexity index is 4260. The molecule has 13 aromatic rings. The van der Waals surface area contributed by atoms with Crippen molar-refractivity contribution in [2.75, 3.05) is 9.80 Å². The van der Waals surface area contributed by atoms with Crippen molar-refractivity contribution >= 4 is 110 Å². The van der Waals surface area contributed by atoms with Gasteiger partial charge in [0.15, 0.2) is 0 Å². The van der Waals surface area contributed by atoms with E-state index in [-0.39, 0.29) is 21.7 Å². The lowest BCUT2D eigenvalue weighted by Crippen LogP contribution is -2.14. The van der Waals surface area contributed by atoms with E-state index >= 15 is 0 Å². The highest BCUT2D eigenvalue weighted by atomic mass is 15.2. The summed E-state index contributed by atoms with van der Waals surface area (Å²) in [7, 11) is 0. The smallest absolute Gasteiger partial charge is 0.0641 e. The van der Waals surface area contributed by atoms with Crippen molar-refractivity contribution in [2.45, 2.75) is 144 Å². The van der Waals surface area contributed by atoms with Crippen LogP contribution in [0.5, 0.6) is 0 Å². The highest BCUT2D eigenvalue weighted by molar-refractivity contribution is 6.32. The fourth-order valence-corrected chi connectivity index (χ4v) is 13.0. The molecule has 0 amide bonds. The minimum Gasteiger partial charge on any atom is -0.310 e. The van der Waals surface area contributed by atoms with E-state index in [0.717, 1.165) is 22.7 Å². The van der Waals surface area contributed by atoms with Crippen LogP contribution in [0.4, 0.5) is 34.1 Å². The Morgan fingerprint density at radius 3 is 0.988 bits per heavy atom. The van der Waals surface area contributed by atoms with Gasteiger partial charge in [-0.05, 0) is 164 Å². The summed E-state index contributed by atoms with van der Waals surface area (Å²) in [5.41, 5.74) is 22.3. The van der Waals surface area contributed by atoms with Crippen LogP contribution < -0.4 is 9.80 Å². The molecule has 0 saturated heterocycles. The monoisotopic (exact) mass is 1050 g/mol. The van der Waals surface area contributed by atoms with E-state index in [4.69, 9.17) is 0 Å². The maximum Gasteiger partial charge on any atom is 0.0641 e. The fourth-order valence-electron chi connectivity index (χ4n) is 13.0. The number of fused-ring (bicyclic) bond motifs is 12. The summed E-state index contributed by atoms with van der Waals surface area (Å²) in [6, 6.07) is 66.4. The maximum atomic E-state index is 2.61. The van der Waals surface area contributed by atoms with Crippen LogP contribution >= 0.6 is 0 Å². The lowest BCUT2D eigenvalue weighted by Gasteiger charge is -2.29. The van der Waals surface area contributed by atoms with E-state index in [1.54, 1.807) is 0 Å². The van der Waals surface area contributed by atoms with Crippen LogP contribution in [-0.2, 0) is 21.7 Å². The van der Waals surface area contributed by atoms with Gasteiger partial charge in [-0.25, -0.2) is 0 Å². The molecule has 0 aliphatic heterocycles. The standard InChI is InChI=1S/C76H78N4/c1-45(2)47-23-29-53(30-24-47)77(55-21-17-19-49(39-55)73(5,6)7)65-37-33-57-59-43-68-60(44-67(59)79-63-35-27-51(75(11,12)13)41-61(63)69(65)71(57)79)58-34-38-66(70-62-42-52(76(14,15)16)28-36-64(62)80(68)72(58)70)78(54-31-25-48(26-32-54)46(3)4)56-22-18-20-50(40-56)74(8,9)10/h17-46H,1-16H3. The molecule has 4 nitrogen and oxygen atoms in total. The molecule has 0 bridgehead atoms. The second-order valence-corrected chi connectivity index (χ2v) is 28.0. The van der Waals surface area contributed by atoms with Crippen LogP contribution in [0, 0.1) is 0 Å². The Morgan fingerprint density at radius 2 is 0.650 bits per heavy atom. The predicted molar refractivity (Wildman–Crippen MR) is 348 cm³/mol. The second-order valence-electron chi connectivity index (χ2n) is 28.0. The first-order valence-electron chi connectivity index (χ1n) is 29.3. The molecule has 0 atom stereocenters. The van der Waals surface area contributed by atoms with Crippen molar-refractivity contribution in [1.29, 1.82) is 0 Å². The average molecular weight is 1050 g/mol. The molecule has 0 fully saturated rings. The van der Waals surface area contributed by atoms with Crippen molar-refractivity contribution in [3.8, 4) is 0 Å². The number of hydrogen-bond acceptors (Lipinski definition) is 2. The predicted octanol–water partition coefficient (Wildman–Crippen LogP) is 22.4. The lowest BCUT2D eigenvalue weighted by molar-refractivity contribution is 0.590. The average Bonchev–Trinajstić information content (AvgIpc) is 4.20. The number of anilines is 6. The molecule has 402 valence electrons. The molecular weight excluding hydrogens is 969 g/mol. The van der Waals surface area contributed by atoms with E-state index in [1.807, 2.05) is 0 Å². The third kappa shape index (κ3) is 8.06. The minimum atomic E-state index is -0.0411. The summed E-state index contributed by atoms with van der Waals surface area (Å²) >= 11 is 0. The van der Waals surface area contributed by atoms with Crippen LogP contribution in [0.2, 0.25) is 0 Å². The quantitative estimate of drug-likeness (QED) is 0.151. The molecule has 0 N–H and O–H groups in total. The molecule has 13 rings (SSSR count). The van der Waals surface area contributed by atoms with Crippen molar-refractivity contribution < 1.29 is 0 Å². The second kappa shape index (κ2) is 17.8. The molecule has 80 heavy (non-hydrogen) atoms. The van der Waals surface area contributed by atoms with Gasteiger partial charge in [-0.15, -0.1) is 0 Å². The van der Waals surface area contributed by atoms with Crippen molar-refractivity contribution in [3.05, 3.63) is 203 Å². The first kappa shape index (κ1) is 51.6. The van der Waals surface area contributed by atoms with Crippen LogP contribution in [0.15, 0.2) is 170 Å². The largest absolute Gasteiger partial charge is 0.310 e. The van der Waals surface area contributed by atoms with Gasteiger partial charge in [-0.3, -0.25) is 0 Å². The molecule has 0 saturated carbocycles. The molecule has 9 aromatic carbocycles. The summed E-state index contributed by atoms with van der Waals surface area (Å²) in [5, 5.41) is 10.2. The Kier molecular flexibility index (Phi) is 11.5. The van der Waals surface area contributed by atoms with Crippen molar-refractivity contribution in [3.63, 3.8) is 0 Å². The Balaban J connectivity index is 1.13. The van der Waals surface area contributed by atoms with Gasteiger partial charge >= 0.3 is 0 Å². The van der Waals surface area contributed by atoms with E-state index in [2.05, 4.69) is 299 Å². The topological polar surface area (TPSA) is 15.3 Å². The third-order valence-electron chi connectivity index (χ3n) is 17.7. The van der Waals surface area contributed by atoms with Crippen LogP contribution in [-0.4, -0.2) is 8.80 Å². The zero-order valence-corrected chi connectivity index (χ0v) is 50.1. The molecule has 0 aliphatic carbocycles. The zero-order valence-electron chi connectivity index (χ0n) is 50.1. The van der Waals surface area contributed by atoms with Gasteiger partial charge in [-0.2, -0.15) is 0 Å². The van der Waals surface area contributed by atoms with Gasteiger partial charge in [0.25, 0.3) is 0 Å². The summed E-state index contributed by atoms with van der Waals surface area (Å²) in [4.78, 5) is 5.05. The van der Waals surface area contributed by atoms with Crippen molar-refractivity contribution in [1.82, 2.24) is 8.80 Å². The molecule has 0 radical (unpaired) electrons. The lowest BCUT2D eigenvalue weighted by atomic mass is 9.86. The Morgan fingerprint density at radius 1 is 0.300 bits per heavy atom. The van der Waals surface area contributed by atoms with E-state index < -0.39 is 0 Å². The summed E-state index contributed by atoms with van der Waals surface area (Å²) in [6.07, 6.45) is 0. The van der Waals surface area contributed by atoms with Gasteiger partial charge in [0, 0.05) is 65.8 Å². The molecule has 4 heterocycles. The first-order valence-corrected chi connectivity index (χ1v) is 29.3. The number of aromatic nitrogens is 2. The van der Waals surface area contributed by atoms with Gasteiger partial charge in [0.05, 0.1) is 44.5 Å². The zero-order chi connectivity index (χ0) is 56.3. The normalized spacial score (nSPS) is 13.2. The van der Waals surface area contributed by atoms with Gasteiger partial charge in [-0.1, -0.05) is 184 Å². The van der Waals surface area contributed by atoms with E-state index in [1.165, 1.54) is 121 Å². The van der Waals surface area contributed by atoms with Crippen LogP contribution in [0.1, 0.15) is 156 Å². The molecule has 0 spiro atoms. The molecular formula is C76H78N4. The Hall–Kier alpha value is -7.82. The Labute approximate surface area is 473 Å². The van der Waals surface area contributed by atoms with Gasteiger partial charge in [0.2, 0.25) is 0 Å².